The molecule has 27 heavy (non-hydrogen) atoms. The highest BCUT2D eigenvalue weighted by molar-refractivity contribution is 6.00. The smallest absolute Gasteiger partial charge is 0.228 e. The lowest BCUT2D eigenvalue weighted by atomic mass is 9.95. The van der Waals surface area contributed by atoms with Crippen LogP contribution in [0.5, 0.6) is 11.5 Å². The Morgan fingerprint density at radius 1 is 1.04 bits per heavy atom. The number of nitrogens with two attached hydrogens (primary N) is 1. The minimum atomic E-state index is -0.365. The Morgan fingerprint density at radius 3 is 2.44 bits per heavy atom. The summed E-state index contributed by atoms with van der Waals surface area (Å²) in [7, 11) is 0. The number of fused-ring (bicyclic) bond motifs is 1. The fraction of sp³-hybridized carbons (Fsp3) is 0.526. The van der Waals surface area contributed by atoms with Crippen molar-refractivity contribution >= 4 is 23.4 Å². The zero-order valence-electron chi connectivity index (χ0n) is 15.1. The molecule has 2 N–H and O–H groups in total. The predicted molar refractivity (Wildman–Crippen MR) is 96.4 cm³/mol. The molecule has 0 aliphatic carbocycles. The van der Waals surface area contributed by atoms with Gasteiger partial charge in [-0.15, -0.1) is 0 Å². The van der Waals surface area contributed by atoms with E-state index in [0.717, 1.165) is 0 Å². The normalized spacial score (nSPS) is 22.8. The number of hydrogen-bond acceptors (Lipinski definition) is 5. The summed E-state index contributed by atoms with van der Waals surface area (Å²) in [5, 5.41) is 0. The van der Waals surface area contributed by atoms with Crippen LogP contribution in [0.15, 0.2) is 18.2 Å². The van der Waals surface area contributed by atoms with Crippen molar-refractivity contribution in [3.05, 3.63) is 18.2 Å². The Hall–Kier alpha value is -2.77. The summed E-state index contributed by atoms with van der Waals surface area (Å²) in [5.41, 5.74) is 6.06. The molecule has 1 aromatic carbocycles. The van der Waals surface area contributed by atoms with Gasteiger partial charge in [0, 0.05) is 43.7 Å². The van der Waals surface area contributed by atoms with Crippen molar-refractivity contribution in [1.29, 1.82) is 0 Å². The van der Waals surface area contributed by atoms with Crippen molar-refractivity contribution in [3.8, 4) is 11.5 Å². The molecule has 8 nitrogen and oxygen atoms in total. The molecule has 1 aromatic rings. The predicted octanol–water partition coefficient (Wildman–Crippen LogP) is 0.535. The van der Waals surface area contributed by atoms with E-state index in [0.29, 0.717) is 62.9 Å². The van der Waals surface area contributed by atoms with Crippen LogP contribution in [-0.2, 0) is 14.4 Å². The number of primary amides is 1. The van der Waals surface area contributed by atoms with Crippen LogP contribution in [0.3, 0.4) is 0 Å². The Morgan fingerprint density at radius 2 is 1.74 bits per heavy atom. The van der Waals surface area contributed by atoms with Crippen LogP contribution >= 0.6 is 0 Å². The molecule has 3 aliphatic rings. The zero-order valence-corrected chi connectivity index (χ0v) is 15.1. The quantitative estimate of drug-likeness (QED) is 0.833. The van der Waals surface area contributed by atoms with Crippen molar-refractivity contribution < 1.29 is 23.9 Å². The van der Waals surface area contributed by atoms with E-state index in [9.17, 15) is 14.4 Å². The Bertz CT molecular complexity index is 773. The van der Waals surface area contributed by atoms with E-state index >= 15 is 0 Å². The summed E-state index contributed by atoms with van der Waals surface area (Å²) in [5.74, 6) is 0.368. The highest BCUT2D eigenvalue weighted by atomic mass is 16.6. The highest BCUT2D eigenvalue weighted by Gasteiger charge is 2.38. The summed E-state index contributed by atoms with van der Waals surface area (Å²) in [4.78, 5) is 40.0. The van der Waals surface area contributed by atoms with Gasteiger partial charge in [-0.2, -0.15) is 0 Å². The van der Waals surface area contributed by atoms with Crippen molar-refractivity contribution in [2.24, 2.45) is 17.6 Å². The molecule has 0 radical (unpaired) electrons. The molecule has 3 aliphatic heterocycles. The number of piperidine rings is 1. The standard InChI is InChI=1S/C19H23N3O5/c20-18(24)12-3-5-21(6-4-12)19(25)13-9-17(23)22(11-13)14-1-2-15-16(10-14)27-8-7-26-15/h1-2,10,12-13H,3-9,11H2,(H2,20,24). The van der Waals surface area contributed by atoms with Gasteiger partial charge >= 0.3 is 0 Å². The average molecular weight is 373 g/mol. The topological polar surface area (TPSA) is 102 Å². The van der Waals surface area contributed by atoms with Crippen LogP contribution in [-0.4, -0.2) is 55.5 Å². The zero-order chi connectivity index (χ0) is 19.0. The van der Waals surface area contributed by atoms with Gasteiger partial charge < -0.3 is 25.0 Å². The second-order valence-electron chi connectivity index (χ2n) is 7.24. The molecule has 8 heteroatoms. The van der Waals surface area contributed by atoms with Gasteiger partial charge in [-0.1, -0.05) is 0 Å². The molecule has 4 rings (SSSR count). The third kappa shape index (κ3) is 3.43. The van der Waals surface area contributed by atoms with Crippen LogP contribution in [0.1, 0.15) is 19.3 Å². The third-order valence-corrected chi connectivity index (χ3v) is 5.52. The molecule has 2 fully saturated rings. The van der Waals surface area contributed by atoms with Crippen molar-refractivity contribution in [3.63, 3.8) is 0 Å². The van der Waals surface area contributed by atoms with Gasteiger partial charge in [0.2, 0.25) is 17.7 Å². The monoisotopic (exact) mass is 373 g/mol. The maximum absolute atomic E-state index is 12.8. The van der Waals surface area contributed by atoms with Gasteiger partial charge in [-0.3, -0.25) is 14.4 Å². The number of carbonyl (C=O) groups excluding carboxylic acids is 3. The largest absolute Gasteiger partial charge is 0.486 e. The minimum absolute atomic E-state index is 0.0219. The number of anilines is 1. The van der Waals surface area contributed by atoms with E-state index in [2.05, 4.69) is 0 Å². The van der Waals surface area contributed by atoms with E-state index < -0.39 is 0 Å². The molecule has 0 aromatic heterocycles. The van der Waals surface area contributed by atoms with Crippen LogP contribution in [0.2, 0.25) is 0 Å². The van der Waals surface area contributed by atoms with Crippen molar-refractivity contribution in [1.82, 2.24) is 4.90 Å². The van der Waals surface area contributed by atoms with Crippen molar-refractivity contribution in [2.45, 2.75) is 19.3 Å². The number of carbonyl (C=O) groups is 3. The van der Waals surface area contributed by atoms with E-state index in [1.807, 2.05) is 6.07 Å². The van der Waals surface area contributed by atoms with E-state index in [1.165, 1.54) is 0 Å². The van der Waals surface area contributed by atoms with Gasteiger partial charge in [0.15, 0.2) is 11.5 Å². The second kappa shape index (κ2) is 7.09. The third-order valence-electron chi connectivity index (χ3n) is 5.52. The number of nitrogens with zero attached hydrogens (tertiary/aromatic N) is 2. The van der Waals surface area contributed by atoms with Crippen LogP contribution in [0.4, 0.5) is 5.69 Å². The highest BCUT2D eigenvalue weighted by Crippen LogP contribution is 2.36. The molecule has 1 atom stereocenters. The number of likely N-dealkylation sites (tertiary alicyclic amines) is 1. The van der Waals surface area contributed by atoms with Crippen LogP contribution in [0, 0.1) is 11.8 Å². The van der Waals surface area contributed by atoms with E-state index in [-0.39, 0.29) is 36.0 Å². The van der Waals surface area contributed by atoms with E-state index in [4.69, 9.17) is 15.2 Å². The molecule has 3 amide bonds. The van der Waals surface area contributed by atoms with Crippen molar-refractivity contribution in [2.75, 3.05) is 37.7 Å². The molecule has 0 bridgehead atoms. The minimum Gasteiger partial charge on any atom is -0.486 e. The van der Waals surface area contributed by atoms with Gasteiger partial charge in [0.05, 0.1) is 5.92 Å². The lowest BCUT2D eigenvalue weighted by molar-refractivity contribution is -0.138. The van der Waals surface area contributed by atoms with E-state index in [1.54, 1.807) is 21.9 Å². The lowest BCUT2D eigenvalue weighted by Crippen LogP contribution is -2.44. The maximum atomic E-state index is 12.8. The maximum Gasteiger partial charge on any atom is 0.228 e. The number of hydrogen-bond donors (Lipinski definition) is 1. The van der Waals surface area contributed by atoms with Crippen LogP contribution < -0.4 is 20.1 Å². The first-order chi connectivity index (χ1) is 13.0. The summed E-state index contributed by atoms with van der Waals surface area (Å²) >= 11 is 0. The second-order valence-corrected chi connectivity index (χ2v) is 7.24. The summed E-state index contributed by atoms with van der Waals surface area (Å²) < 4.78 is 11.1. The van der Waals surface area contributed by atoms with Gasteiger partial charge in [-0.25, -0.2) is 0 Å². The molecule has 2 saturated heterocycles. The number of benzene rings is 1. The molecule has 144 valence electrons. The number of amides is 3. The first kappa shape index (κ1) is 17.6. The first-order valence-electron chi connectivity index (χ1n) is 9.31. The fourth-order valence-electron chi connectivity index (χ4n) is 3.97. The fourth-order valence-corrected chi connectivity index (χ4v) is 3.97. The number of rotatable bonds is 3. The Kier molecular flexibility index (Phi) is 4.63. The molecule has 3 heterocycles. The molecule has 0 saturated carbocycles. The van der Waals surface area contributed by atoms with Gasteiger partial charge in [0.1, 0.15) is 13.2 Å². The molecule has 1 unspecified atom stereocenters. The first-order valence-corrected chi connectivity index (χ1v) is 9.31. The van der Waals surface area contributed by atoms with Crippen LogP contribution in [0.25, 0.3) is 0 Å². The SMILES string of the molecule is NC(=O)C1CCN(C(=O)C2CC(=O)N(c3ccc4c(c3)OCCO4)C2)CC1. The number of ether oxygens (including phenoxy) is 2. The van der Waals surface area contributed by atoms with Gasteiger partial charge in [0.25, 0.3) is 0 Å². The average Bonchev–Trinajstić information content (AvgIpc) is 3.08. The Balaban J connectivity index is 1.42. The van der Waals surface area contributed by atoms with Gasteiger partial charge in [-0.05, 0) is 25.0 Å². The summed E-state index contributed by atoms with van der Waals surface area (Å²) in [6.07, 6.45) is 1.38. The molecule has 0 spiro atoms. The Labute approximate surface area is 157 Å². The lowest BCUT2D eigenvalue weighted by Gasteiger charge is -2.32. The summed E-state index contributed by atoms with van der Waals surface area (Å²) in [6, 6.07) is 5.40. The molecular weight excluding hydrogens is 350 g/mol. The summed E-state index contributed by atoms with van der Waals surface area (Å²) in [6.45, 7) is 2.38. The molecular formula is C19H23N3O5.